The molecule has 76 valence electrons. The maximum atomic E-state index is 11.1. The molecule has 0 rings (SSSR count). The van der Waals surface area contributed by atoms with Crippen molar-refractivity contribution in [1.82, 2.24) is 10.6 Å². The summed E-state index contributed by atoms with van der Waals surface area (Å²) in [7, 11) is 0. The number of carbonyl (C=O) groups is 1. The third-order valence-corrected chi connectivity index (χ3v) is 1.42. The predicted molar refractivity (Wildman–Crippen MR) is 57.5 cm³/mol. The van der Waals surface area contributed by atoms with E-state index in [1.165, 1.54) is 0 Å². The number of hydrogen-bond acceptors (Lipinski definition) is 1. The molecule has 0 atom stereocenters. The highest BCUT2D eigenvalue weighted by molar-refractivity contribution is 5.73. The summed E-state index contributed by atoms with van der Waals surface area (Å²) >= 11 is 0. The lowest BCUT2D eigenvalue weighted by Gasteiger charge is -2.03. The molecule has 2 N–H and O–H groups in total. The second kappa shape index (κ2) is 9.48. The fourth-order valence-electron chi connectivity index (χ4n) is 0.790. The summed E-state index contributed by atoms with van der Waals surface area (Å²) in [6, 6.07) is -0.152. The van der Waals surface area contributed by atoms with Gasteiger partial charge in [-0.25, -0.2) is 4.79 Å². The van der Waals surface area contributed by atoms with E-state index in [-0.39, 0.29) is 6.03 Å². The molecule has 2 amide bonds. The van der Waals surface area contributed by atoms with E-state index in [1.54, 1.807) is 13.8 Å². The average molecular weight is 192 g/mol. The van der Waals surface area contributed by atoms with Crippen molar-refractivity contribution in [3.05, 3.63) is 0 Å². The predicted octanol–water partition coefficient (Wildman–Crippen LogP) is 1.11. The van der Waals surface area contributed by atoms with Gasteiger partial charge in [0.1, 0.15) is 0 Å². The van der Waals surface area contributed by atoms with Crippen LogP contribution in [0.4, 0.5) is 4.79 Å². The molecule has 0 heterocycles. The first-order valence-corrected chi connectivity index (χ1v) is 4.62. The highest BCUT2D eigenvalue weighted by atomic mass is 16.2. The third-order valence-electron chi connectivity index (χ3n) is 1.42. The molecular weight excluding hydrogens is 176 g/mol. The van der Waals surface area contributed by atoms with Crippen molar-refractivity contribution in [2.45, 2.75) is 26.7 Å². The molecule has 0 aliphatic rings. The Bertz CT molecular complexity index is 247. The topological polar surface area (TPSA) is 41.1 Å². The van der Waals surface area contributed by atoms with Crippen LogP contribution in [0, 0.1) is 23.7 Å². The number of carbonyl (C=O) groups excluding carboxylic acids is 1. The molecule has 14 heavy (non-hydrogen) atoms. The summed E-state index contributed by atoms with van der Waals surface area (Å²) in [5.74, 6) is 11.3. The zero-order valence-corrected chi connectivity index (χ0v) is 8.74. The molecule has 0 spiro atoms. The molecule has 0 aromatic carbocycles. The van der Waals surface area contributed by atoms with Crippen molar-refractivity contribution < 1.29 is 4.79 Å². The minimum atomic E-state index is -0.152. The van der Waals surface area contributed by atoms with Gasteiger partial charge in [-0.05, 0) is 13.8 Å². The summed E-state index contributed by atoms with van der Waals surface area (Å²) < 4.78 is 0. The van der Waals surface area contributed by atoms with Crippen LogP contribution in [0.25, 0.3) is 0 Å². The molecule has 0 radical (unpaired) electrons. The third kappa shape index (κ3) is 8.49. The highest BCUT2D eigenvalue weighted by Gasteiger charge is 1.95. The van der Waals surface area contributed by atoms with Crippen LogP contribution in [0.3, 0.4) is 0 Å². The summed E-state index contributed by atoms with van der Waals surface area (Å²) in [4.78, 5) is 11.1. The van der Waals surface area contributed by atoms with E-state index in [0.29, 0.717) is 25.9 Å². The first-order valence-electron chi connectivity index (χ1n) is 4.62. The van der Waals surface area contributed by atoms with E-state index in [2.05, 4.69) is 34.3 Å². The Labute approximate surface area is 85.6 Å². The lowest BCUT2D eigenvalue weighted by atomic mass is 10.4. The van der Waals surface area contributed by atoms with Crippen LogP contribution in [-0.2, 0) is 0 Å². The Kier molecular flexibility index (Phi) is 8.39. The van der Waals surface area contributed by atoms with Crippen LogP contribution in [0.2, 0.25) is 0 Å². The summed E-state index contributed by atoms with van der Waals surface area (Å²) in [6.45, 7) is 4.74. The molecular formula is C11H16N2O. The lowest BCUT2D eigenvalue weighted by molar-refractivity contribution is 0.241. The van der Waals surface area contributed by atoms with Crippen LogP contribution >= 0.6 is 0 Å². The minimum absolute atomic E-state index is 0.152. The number of rotatable bonds is 4. The molecule has 0 saturated carbocycles. The zero-order chi connectivity index (χ0) is 10.6. The van der Waals surface area contributed by atoms with Crippen molar-refractivity contribution >= 4 is 6.03 Å². The van der Waals surface area contributed by atoms with Gasteiger partial charge in [0.2, 0.25) is 0 Å². The zero-order valence-electron chi connectivity index (χ0n) is 8.74. The van der Waals surface area contributed by atoms with Gasteiger partial charge in [0.25, 0.3) is 0 Å². The van der Waals surface area contributed by atoms with E-state index >= 15 is 0 Å². The van der Waals surface area contributed by atoms with Gasteiger partial charge in [-0.15, -0.1) is 23.7 Å². The van der Waals surface area contributed by atoms with Crippen LogP contribution in [0.5, 0.6) is 0 Å². The number of amides is 2. The monoisotopic (exact) mass is 192 g/mol. The van der Waals surface area contributed by atoms with Crippen LogP contribution in [0.1, 0.15) is 26.7 Å². The highest BCUT2D eigenvalue weighted by Crippen LogP contribution is 1.75. The first kappa shape index (κ1) is 12.4. The normalized spacial score (nSPS) is 7.57. The molecule has 0 saturated heterocycles. The number of urea groups is 1. The van der Waals surface area contributed by atoms with Crippen LogP contribution < -0.4 is 10.6 Å². The Balaban J connectivity index is 3.34. The molecule has 0 aliphatic carbocycles. The average Bonchev–Trinajstić information content (AvgIpc) is 2.19. The summed E-state index contributed by atoms with van der Waals surface area (Å²) in [5, 5.41) is 5.39. The molecule has 0 unspecified atom stereocenters. The van der Waals surface area contributed by atoms with Gasteiger partial charge < -0.3 is 10.6 Å². The fraction of sp³-hybridized carbons (Fsp3) is 0.545. The lowest BCUT2D eigenvalue weighted by Crippen LogP contribution is -2.36. The van der Waals surface area contributed by atoms with Gasteiger partial charge in [0, 0.05) is 25.9 Å². The molecule has 3 nitrogen and oxygen atoms in total. The molecule has 0 fully saturated rings. The standard InChI is InChI=1S/C11H16N2O/c1-3-5-7-9-12-11(14)13-10-8-6-4-2/h7-10H2,1-2H3,(H2,12,13,14). The van der Waals surface area contributed by atoms with E-state index in [9.17, 15) is 4.79 Å². The van der Waals surface area contributed by atoms with Gasteiger partial charge in [-0.3, -0.25) is 0 Å². The molecule has 3 heteroatoms. The van der Waals surface area contributed by atoms with Gasteiger partial charge in [-0.2, -0.15) is 0 Å². The molecule has 0 bridgehead atoms. The smallest absolute Gasteiger partial charge is 0.314 e. The van der Waals surface area contributed by atoms with Gasteiger partial charge in [0.15, 0.2) is 0 Å². The van der Waals surface area contributed by atoms with Crippen molar-refractivity contribution in [3.63, 3.8) is 0 Å². The summed E-state index contributed by atoms with van der Waals surface area (Å²) in [5.41, 5.74) is 0. The Morgan fingerprint density at radius 3 is 1.79 bits per heavy atom. The van der Waals surface area contributed by atoms with Crippen molar-refractivity contribution in [3.8, 4) is 23.7 Å². The van der Waals surface area contributed by atoms with Crippen LogP contribution in [0.15, 0.2) is 0 Å². The number of hydrogen-bond donors (Lipinski definition) is 2. The van der Waals surface area contributed by atoms with Crippen molar-refractivity contribution in [1.29, 1.82) is 0 Å². The van der Waals surface area contributed by atoms with Crippen LogP contribution in [-0.4, -0.2) is 19.1 Å². The molecule has 0 aliphatic heterocycles. The second-order valence-corrected chi connectivity index (χ2v) is 2.54. The maximum absolute atomic E-state index is 11.1. The SMILES string of the molecule is CC#CCCNC(=O)NCCC#CC. The largest absolute Gasteiger partial charge is 0.337 e. The summed E-state index contributed by atoms with van der Waals surface area (Å²) in [6.07, 6.45) is 1.39. The Hall–Kier alpha value is -1.61. The first-order chi connectivity index (χ1) is 6.81. The van der Waals surface area contributed by atoms with Crippen molar-refractivity contribution in [2.24, 2.45) is 0 Å². The van der Waals surface area contributed by atoms with E-state index in [4.69, 9.17) is 0 Å². The molecule has 0 aromatic rings. The second-order valence-electron chi connectivity index (χ2n) is 2.54. The molecule has 0 aromatic heterocycles. The quantitative estimate of drug-likeness (QED) is 0.508. The van der Waals surface area contributed by atoms with E-state index < -0.39 is 0 Å². The van der Waals surface area contributed by atoms with E-state index in [0.717, 1.165) is 0 Å². The van der Waals surface area contributed by atoms with Gasteiger partial charge >= 0.3 is 6.03 Å². The van der Waals surface area contributed by atoms with Crippen molar-refractivity contribution in [2.75, 3.05) is 13.1 Å². The maximum Gasteiger partial charge on any atom is 0.314 e. The fourth-order valence-corrected chi connectivity index (χ4v) is 0.790. The van der Waals surface area contributed by atoms with E-state index in [1.807, 2.05) is 0 Å². The van der Waals surface area contributed by atoms with Gasteiger partial charge in [-0.1, -0.05) is 0 Å². The minimum Gasteiger partial charge on any atom is -0.337 e. The Morgan fingerprint density at radius 2 is 1.43 bits per heavy atom. The Morgan fingerprint density at radius 1 is 1.00 bits per heavy atom. The number of nitrogens with one attached hydrogen (secondary N) is 2. The van der Waals surface area contributed by atoms with Gasteiger partial charge in [0.05, 0.1) is 0 Å².